The van der Waals surface area contributed by atoms with Gasteiger partial charge in [0.15, 0.2) is 5.78 Å². The van der Waals surface area contributed by atoms with Gasteiger partial charge in [-0.3, -0.25) is 9.79 Å². The Balaban J connectivity index is 1.86. The molecule has 0 unspecified atom stereocenters. The molecule has 0 fully saturated rings. The van der Waals surface area contributed by atoms with Gasteiger partial charge in [-0.2, -0.15) is 0 Å². The van der Waals surface area contributed by atoms with Gasteiger partial charge in [-0.05, 0) is 43.0 Å². The van der Waals surface area contributed by atoms with E-state index in [2.05, 4.69) is 25.3 Å². The van der Waals surface area contributed by atoms with E-state index in [-0.39, 0.29) is 5.78 Å². The Labute approximate surface area is 178 Å². The SMILES string of the molecule is C=C1Cc2ccccc2C(=C)N(C)/C1=C/N=C(C)Cc1ccc(C(C)=O)cc1OC. The van der Waals surface area contributed by atoms with Gasteiger partial charge >= 0.3 is 0 Å². The molecule has 0 aliphatic carbocycles. The second kappa shape index (κ2) is 8.95. The van der Waals surface area contributed by atoms with Crippen LogP contribution in [0.15, 0.2) is 78.1 Å². The Morgan fingerprint density at radius 1 is 1.20 bits per heavy atom. The van der Waals surface area contributed by atoms with Gasteiger partial charge in [0, 0.05) is 36.0 Å². The molecular weight excluding hydrogens is 372 g/mol. The van der Waals surface area contributed by atoms with Crippen molar-refractivity contribution in [2.45, 2.75) is 26.7 Å². The predicted molar refractivity (Wildman–Crippen MR) is 124 cm³/mol. The number of ether oxygens (including phenoxy) is 1. The molecule has 0 aromatic heterocycles. The number of nitrogens with zero attached hydrogens (tertiary/aromatic N) is 2. The summed E-state index contributed by atoms with van der Waals surface area (Å²) in [6.45, 7) is 12.1. The Bertz CT molecular complexity index is 1080. The first-order valence-corrected chi connectivity index (χ1v) is 9.92. The van der Waals surface area contributed by atoms with E-state index in [9.17, 15) is 4.79 Å². The van der Waals surface area contributed by atoms with E-state index in [4.69, 9.17) is 9.73 Å². The molecule has 0 bridgehead atoms. The third kappa shape index (κ3) is 4.43. The van der Waals surface area contributed by atoms with E-state index < -0.39 is 0 Å². The summed E-state index contributed by atoms with van der Waals surface area (Å²) in [5.74, 6) is 0.718. The van der Waals surface area contributed by atoms with Gasteiger partial charge in [0.1, 0.15) is 5.75 Å². The lowest BCUT2D eigenvalue weighted by Crippen LogP contribution is -2.15. The molecule has 2 aromatic rings. The minimum Gasteiger partial charge on any atom is -0.496 e. The van der Waals surface area contributed by atoms with Crippen molar-refractivity contribution in [1.82, 2.24) is 4.90 Å². The summed E-state index contributed by atoms with van der Waals surface area (Å²) in [7, 11) is 3.61. The van der Waals surface area contributed by atoms with Crippen molar-refractivity contribution < 1.29 is 9.53 Å². The van der Waals surface area contributed by atoms with Crippen molar-refractivity contribution in [3.05, 3.63) is 95.3 Å². The number of Topliss-reactive ketones (excluding diaryl/α,β-unsaturated/α-hetero) is 1. The third-order valence-electron chi connectivity index (χ3n) is 5.41. The van der Waals surface area contributed by atoms with Crippen molar-refractivity contribution in [3.63, 3.8) is 0 Å². The Hall–Kier alpha value is -3.40. The number of methoxy groups -OCH3 is 1. The zero-order valence-electron chi connectivity index (χ0n) is 18.2. The molecule has 1 aliphatic heterocycles. The number of benzene rings is 2. The first kappa shape index (κ1) is 21.3. The van der Waals surface area contributed by atoms with Gasteiger partial charge < -0.3 is 9.64 Å². The van der Waals surface area contributed by atoms with Gasteiger partial charge in [-0.15, -0.1) is 0 Å². The topological polar surface area (TPSA) is 41.9 Å². The molecule has 3 rings (SSSR count). The van der Waals surface area contributed by atoms with Crippen LogP contribution in [-0.2, 0) is 12.8 Å². The zero-order valence-corrected chi connectivity index (χ0v) is 18.2. The van der Waals surface area contributed by atoms with Gasteiger partial charge in [0.05, 0.1) is 19.0 Å². The monoisotopic (exact) mass is 400 g/mol. The molecule has 0 N–H and O–H groups in total. The molecule has 0 saturated heterocycles. The summed E-state index contributed by atoms with van der Waals surface area (Å²) in [5.41, 5.74) is 7.82. The van der Waals surface area contributed by atoms with Crippen LogP contribution in [-0.4, -0.2) is 30.6 Å². The fourth-order valence-corrected chi connectivity index (χ4v) is 3.62. The number of hydrogen-bond donors (Lipinski definition) is 0. The van der Waals surface area contributed by atoms with E-state index in [1.165, 1.54) is 5.56 Å². The second-order valence-electron chi connectivity index (χ2n) is 7.58. The summed E-state index contributed by atoms with van der Waals surface area (Å²) < 4.78 is 5.48. The number of hydrogen-bond acceptors (Lipinski definition) is 4. The standard InChI is InChI=1S/C26H28N2O2/c1-17-13-22-9-7-8-10-24(22)19(3)28(5)25(17)16-27-18(2)14-23-12-11-21(20(4)29)15-26(23)30-6/h7-12,15-16H,1,3,13-14H2,2,4-6H3/b25-16+,27-18?. The maximum atomic E-state index is 11.6. The van der Waals surface area contributed by atoms with Crippen LogP contribution in [0.2, 0.25) is 0 Å². The molecule has 0 saturated carbocycles. The quantitative estimate of drug-likeness (QED) is 0.494. The summed E-state index contributed by atoms with van der Waals surface area (Å²) in [5, 5.41) is 0. The second-order valence-corrected chi connectivity index (χ2v) is 7.58. The average molecular weight is 401 g/mol. The number of aliphatic imine (C=N–C) groups is 1. The molecule has 30 heavy (non-hydrogen) atoms. The average Bonchev–Trinajstić information content (AvgIpc) is 2.81. The largest absolute Gasteiger partial charge is 0.496 e. The van der Waals surface area contributed by atoms with Crippen molar-refractivity contribution in [2.75, 3.05) is 14.2 Å². The summed E-state index contributed by atoms with van der Waals surface area (Å²) in [6.07, 6.45) is 3.26. The number of fused-ring (bicyclic) bond motifs is 1. The van der Waals surface area contributed by atoms with E-state index in [1.807, 2.05) is 49.3 Å². The van der Waals surface area contributed by atoms with Gasteiger partial charge in [0.2, 0.25) is 0 Å². The molecular formula is C26H28N2O2. The van der Waals surface area contributed by atoms with Crippen molar-refractivity contribution in [1.29, 1.82) is 0 Å². The number of likely N-dealkylation sites (N-methyl/N-ethyl adjacent to an activating group) is 1. The van der Waals surface area contributed by atoms with Crippen molar-refractivity contribution in [3.8, 4) is 5.75 Å². The lowest BCUT2D eigenvalue weighted by Gasteiger charge is -2.22. The van der Waals surface area contributed by atoms with E-state index >= 15 is 0 Å². The van der Waals surface area contributed by atoms with Crippen molar-refractivity contribution in [2.24, 2.45) is 4.99 Å². The van der Waals surface area contributed by atoms with Gasteiger partial charge in [-0.25, -0.2) is 0 Å². The van der Waals surface area contributed by atoms with Crippen LogP contribution >= 0.6 is 0 Å². The highest BCUT2D eigenvalue weighted by Crippen LogP contribution is 2.33. The first-order valence-electron chi connectivity index (χ1n) is 9.92. The highest BCUT2D eigenvalue weighted by Gasteiger charge is 2.20. The molecule has 4 heteroatoms. The van der Waals surface area contributed by atoms with E-state index in [1.54, 1.807) is 20.1 Å². The molecule has 0 amide bonds. The van der Waals surface area contributed by atoms with Crippen LogP contribution in [0.3, 0.4) is 0 Å². The van der Waals surface area contributed by atoms with Crippen LogP contribution in [0.25, 0.3) is 5.70 Å². The summed E-state index contributed by atoms with van der Waals surface area (Å²) in [4.78, 5) is 18.4. The third-order valence-corrected chi connectivity index (χ3v) is 5.41. The summed E-state index contributed by atoms with van der Waals surface area (Å²) in [6, 6.07) is 13.8. The van der Waals surface area contributed by atoms with Crippen LogP contribution in [0.1, 0.15) is 40.9 Å². The lowest BCUT2D eigenvalue weighted by atomic mass is 10.0. The Morgan fingerprint density at radius 2 is 1.93 bits per heavy atom. The fourth-order valence-electron chi connectivity index (χ4n) is 3.62. The van der Waals surface area contributed by atoms with Crippen LogP contribution in [0, 0.1) is 0 Å². The fraction of sp³-hybridized carbons (Fsp3) is 0.231. The van der Waals surface area contributed by atoms with Gasteiger partial charge in [-0.1, -0.05) is 49.6 Å². The molecule has 0 atom stereocenters. The van der Waals surface area contributed by atoms with Crippen molar-refractivity contribution >= 4 is 17.2 Å². The highest BCUT2D eigenvalue weighted by atomic mass is 16.5. The minimum atomic E-state index is 0.0195. The number of ketones is 1. The molecule has 2 aromatic carbocycles. The first-order chi connectivity index (χ1) is 14.3. The Kier molecular flexibility index (Phi) is 6.36. The number of allylic oxidation sites excluding steroid dienone is 1. The van der Waals surface area contributed by atoms with E-state index in [0.29, 0.717) is 17.7 Å². The van der Waals surface area contributed by atoms with Crippen LogP contribution < -0.4 is 4.74 Å². The smallest absolute Gasteiger partial charge is 0.159 e. The van der Waals surface area contributed by atoms with Crippen LogP contribution in [0.5, 0.6) is 5.75 Å². The molecule has 154 valence electrons. The molecule has 0 spiro atoms. The van der Waals surface area contributed by atoms with Gasteiger partial charge in [0.25, 0.3) is 0 Å². The molecule has 1 heterocycles. The highest BCUT2D eigenvalue weighted by molar-refractivity contribution is 5.95. The maximum Gasteiger partial charge on any atom is 0.159 e. The maximum absolute atomic E-state index is 11.6. The number of carbonyl (C=O) groups excluding carboxylic acids is 1. The lowest BCUT2D eigenvalue weighted by molar-refractivity contribution is 0.101. The van der Waals surface area contributed by atoms with Crippen LogP contribution in [0.4, 0.5) is 0 Å². The normalized spacial score (nSPS) is 15.8. The predicted octanol–water partition coefficient (Wildman–Crippen LogP) is 5.46. The molecule has 0 radical (unpaired) electrons. The van der Waals surface area contributed by atoms with E-state index in [0.717, 1.165) is 40.2 Å². The number of rotatable bonds is 5. The molecule has 4 nitrogen and oxygen atoms in total. The minimum absolute atomic E-state index is 0.0195. The zero-order chi connectivity index (χ0) is 21.8. The summed E-state index contributed by atoms with van der Waals surface area (Å²) >= 11 is 0. The number of carbonyl (C=O) groups is 1. The Morgan fingerprint density at radius 3 is 2.63 bits per heavy atom. The molecule has 1 aliphatic rings.